The molecule has 0 spiro atoms. The largest absolute Gasteiger partial charge is 0.456 e. The molecule has 1 aromatic heterocycles. The topological polar surface area (TPSA) is 13.1 Å². The Morgan fingerprint density at radius 2 is 0.889 bits per heavy atom. The van der Waals surface area contributed by atoms with Crippen molar-refractivity contribution in [3.8, 4) is 44.5 Å². The Morgan fingerprint density at radius 3 is 1.56 bits per heavy atom. The van der Waals surface area contributed by atoms with E-state index < -0.39 is 89.7 Å². The van der Waals surface area contributed by atoms with Gasteiger partial charge in [-0.15, -0.1) is 0 Å². The smallest absolute Gasteiger partial charge is 0.136 e. The highest BCUT2D eigenvalue weighted by Gasteiger charge is 2.21. The number of hydrogen-bond donors (Lipinski definition) is 0. The van der Waals surface area contributed by atoms with Crippen molar-refractivity contribution < 1.29 is 25.0 Å². The molecule has 0 radical (unpaired) electrons. The van der Waals surface area contributed by atoms with Crippen molar-refractivity contribution in [3.63, 3.8) is 0 Å². The van der Waals surface area contributed by atoms with Crippen LogP contribution in [0.4, 0.5) is 0 Å². The summed E-state index contributed by atoms with van der Waals surface area (Å²) >= 11 is 0. The van der Waals surface area contributed by atoms with Gasteiger partial charge in [-0.25, -0.2) is 0 Å². The van der Waals surface area contributed by atoms with Gasteiger partial charge < -0.3 is 4.42 Å². The van der Waals surface area contributed by atoms with Crippen LogP contribution >= 0.6 is 0 Å². The van der Waals surface area contributed by atoms with Crippen LogP contribution in [0, 0.1) is 0 Å². The van der Waals surface area contributed by atoms with Crippen LogP contribution in [0.1, 0.15) is 20.6 Å². The highest BCUT2D eigenvalue weighted by Crippen LogP contribution is 2.48. The second-order valence-corrected chi connectivity index (χ2v) is 10.5. The van der Waals surface area contributed by atoms with Gasteiger partial charge in [0.15, 0.2) is 0 Å². The third-order valence-corrected chi connectivity index (χ3v) is 8.00. The molecule has 1 heterocycles. The normalized spacial score (nSPS) is 16.2. The molecule has 0 fully saturated rings. The molecule has 0 N–H and O–H groups in total. The Bertz CT molecular complexity index is 3290. The Kier molecular flexibility index (Phi) is 3.39. The van der Waals surface area contributed by atoms with Crippen LogP contribution < -0.4 is 0 Å². The van der Waals surface area contributed by atoms with Gasteiger partial charge in [-0.05, 0) is 84.2 Å². The fraction of sp³-hybridized carbons (Fsp3) is 0. The summed E-state index contributed by atoms with van der Waals surface area (Å²) in [6.45, 7) is 0. The summed E-state index contributed by atoms with van der Waals surface area (Å²) in [7, 11) is 0. The van der Waals surface area contributed by atoms with E-state index in [0.29, 0.717) is 32.7 Å². The lowest BCUT2D eigenvalue weighted by molar-refractivity contribution is 0.669. The van der Waals surface area contributed by atoms with Crippen LogP contribution in [0.5, 0.6) is 0 Å². The molecule has 0 saturated carbocycles. The van der Waals surface area contributed by atoms with E-state index in [-0.39, 0.29) is 56.3 Å². The second-order valence-electron chi connectivity index (χ2n) is 10.5. The quantitative estimate of drug-likeness (QED) is 0.187. The monoisotopic (exact) mass is 587 g/mol. The molecule has 210 valence electrons. The van der Waals surface area contributed by atoms with Crippen molar-refractivity contribution in [3.05, 3.63) is 169 Å². The highest BCUT2D eigenvalue weighted by atomic mass is 16.3. The van der Waals surface area contributed by atoms with Gasteiger partial charge in [0, 0.05) is 10.8 Å². The van der Waals surface area contributed by atoms with Crippen molar-refractivity contribution in [1.82, 2.24) is 0 Å². The van der Waals surface area contributed by atoms with Crippen LogP contribution in [0.25, 0.3) is 88.0 Å². The summed E-state index contributed by atoms with van der Waals surface area (Å²) in [6.07, 6.45) is 0. The van der Waals surface area contributed by atoms with Gasteiger partial charge in [0.05, 0.1) is 20.6 Å². The number of furan rings is 1. The zero-order valence-corrected chi connectivity index (χ0v) is 23.4. The van der Waals surface area contributed by atoms with E-state index >= 15 is 0 Å². The lowest BCUT2D eigenvalue weighted by atomic mass is 9.84. The maximum Gasteiger partial charge on any atom is 0.136 e. The summed E-state index contributed by atoms with van der Waals surface area (Å²) in [6, 6.07) is 14.6. The van der Waals surface area contributed by atoms with Crippen LogP contribution in [0.15, 0.2) is 174 Å². The second kappa shape index (κ2) is 10.4. The number of hydrogen-bond acceptors (Lipinski definition) is 1. The first-order valence-corrected chi connectivity index (χ1v) is 14.2. The molecule has 0 aliphatic rings. The molecule has 0 bridgehead atoms. The van der Waals surface area contributed by atoms with E-state index in [1.54, 1.807) is 78.9 Å². The van der Waals surface area contributed by atoms with Crippen LogP contribution in [-0.4, -0.2) is 0 Å². The molecule has 0 aliphatic heterocycles. The summed E-state index contributed by atoms with van der Waals surface area (Å²) in [5.41, 5.74) is 0.331. The van der Waals surface area contributed by atoms with Gasteiger partial charge >= 0.3 is 0 Å². The van der Waals surface area contributed by atoms with Crippen LogP contribution in [-0.2, 0) is 0 Å². The average Bonchev–Trinajstić information content (AvgIpc) is 3.64. The molecule has 0 saturated heterocycles. The molecular weight excluding hydrogens is 544 g/mol. The van der Waals surface area contributed by atoms with Crippen LogP contribution in [0.2, 0.25) is 0 Å². The Labute approximate surface area is 282 Å². The van der Waals surface area contributed by atoms with Gasteiger partial charge in [0.1, 0.15) is 11.2 Å². The van der Waals surface area contributed by atoms with Gasteiger partial charge in [0.25, 0.3) is 0 Å². The van der Waals surface area contributed by atoms with Gasteiger partial charge in [-0.3, -0.25) is 0 Å². The van der Waals surface area contributed by atoms with Crippen molar-refractivity contribution in [2.45, 2.75) is 0 Å². The molecule has 0 amide bonds. The fourth-order valence-corrected chi connectivity index (χ4v) is 6.15. The number of fused-ring (bicyclic) bond motifs is 5. The molecule has 9 rings (SSSR count). The minimum atomic E-state index is -0.686. The maximum absolute atomic E-state index is 9.58. The zero-order chi connectivity index (χ0) is 42.8. The zero-order valence-electron chi connectivity index (χ0n) is 38.4. The Balaban J connectivity index is 1.50. The SMILES string of the molecule is [2H]c1c([2H])c([2H])c(-c2c([2H])c([2H])c([2H])c(-c3c4ccccc4c(-c4c([2H])c([2H])c([2H])c5oc6c([2H])c([2H])c([2H])c(-c7ccccc7)c6c45)c4ccccc34)c2[2H])c([2H])c1[2H]. The van der Waals surface area contributed by atoms with E-state index in [1.807, 2.05) is 0 Å². The molecule has 1 nitrogen and oxygen atoms in total. The summed E-state index contributed by atoms with van der Waals surface area (Å²) in [5.74, 6) is 0. The van der Waals surface area contributed by atoms with Crippen LogP contribution in [0.3, 0.4) is 0 Å². The first kappa shape index (κ1) is 14.7. The molecule has 0 atom stereocenters. The molecule has 0 unspecified atom stereocenters. The van der Waals surface area contributed by atoms with E-state index in [4.69, 9.17) is 20.9 Å². The van der Waals surface area contributed by atoms with E-state index in [1.165, 1.54) is 0 Å². The van der Waals surface area contributed by atoms with Crippen molar-refractivity contribution >= 4 is 43.5 Å². The lowest BCUT2D eigenvalue weighted by Crippen LogP contribution is -1.92. The van der Waals surface area contributed by atoms with Crippen molar-refractivity contribution in [2.24, 2.45) is 0 Å². The standard InChI is InChI=1S/C44H28O/c1-3-14-29(15-4-1)31-18-11-19-32(28-31)41-34-20-7-9-22-36(34)42(37-23-10-8-21-35(37)41)38-25-13-27-40-44(38)43-33(24-12-26-39(43)45-40)30-16-5-2-6-17-30/h1-28H/i1D,3D,4D,11D,12D,13D,14D,15D,18D,19D,24D,25D,26D,27D,28D. The third kappa shape index (κ3) is 4.09. The van der Waals surface area contributed by atoms with E-state index in [2.05, 4.69) is 0 Å². The first-order valence-electron chi connectivity index (χ1n) is 21.7. The molecular formula is C44H28O. The van der Waals surface area contributed by atoms with Gasteiger partial charge in [-0.1, -0.05) is 151 Å². The summed E-state index contributed by atoms with van der Waals surface area (Å²) in [4.78, 5) is 0. The summed E-state index contributed by atoms with van der Waals surface area (Å²) in [5, 5.41) is 2.07. The predicted molar refractivity (Wildman–Crippen MR) is 190 cm³/mol. The van der Waals surface area contributed by atoms with Gasteiger partial charge in [0.2, 0.25) is 0 Å². The van der Waals surface area contributed by atoms with Crippen molar-refractivity contribution in [1.29, 1.82) is 0 Å². The molecule has 9 aromatic rings. The lowest BCUT2D eigenvalue weighted by Gasteiger charge is -2.19. The first-order chi connectivity index (χ1) is 28.6. The predicted octanol–water partition coefficient (Wildman–Crippen LogP) is 12.6. The highest BCUT2D eigenvalue weighted by molar-refractivity contribution is 6.27. The Morgan fingerprint density at radius 1 is 0.378 bits per heavy atom. The molecule has 8 aromatic carbocycles. The minimum absolute atomic E-state index is 0.0915. The third-order valence-electron chi connectivity index (χ3n) is 8.00. The van der Waals surface area contributed by atoms with E-state index in [0.717, 1.165) is 0 Å². The number of rotatable bonds is 4. The fourth-order valence-electron chi connectivity index (χ4n) is 6.15. The molecule has 0 aliphatic carbocycles. The van der Waals surface area contributed by atoms with Gasteiger partial charge in [-0.2, -0.15) is 0 Å². The molecule has 1 heteroatoms. The summed E-state index contributed by atoms with van der Waals surface area (Å²) < 4.78 is 139. The average molecular weight is 588 g/mol. The van der Waals surface area contributed by atoms with Crippen molar-refractivity contribution in [2.75, 3.05) is 0 Å². The Hall–Kier alpha value is -5.92. The maximum atomic E-state index is 9.58. The number of benzene rings is 8. The molecule has 45 heavy (non-hydrogen) atoms. The van der Waals surface area contributed by atoms with E-state index in [9.17, 15) is 4.11 Å². The minimum Gasteiger partial charge on any atom is -0.456 e.